The Bertz CT molecular complexity index is 453. The summed E-state index contributed by atoms with van der Waals surface area (Å²) in [5.74, 6) is 0.698. The Kier molecular flexibility index (Phi) is 4.62. The van der Waals surface area contributed by atoms with Gasteiger partial charge in [-0.3, -0.25) is 9.69 Å². The molecule has 0 saturated carbocycles. The lowest BCUT2D eigenvalue weighted by molar-refractivity contribution is -0.129. The second-order valence-corrected chi connectivity index (χ2v) is 5.40. The van der Waals surface area contributed by atoms with Gasteiger partial charge in [0.05, 0.1) is 19.3 Å². The molecular formula is C15H22N2O3. The maximum absolute atomic E-state index is 11.9. The van der Waals surface area contributed by atoms with Crippen molar-refractivity contribution in [2.24, 2.45) is 0 Å². The highest BCUT2D eigenvalue weighted by atomic mass is 16.5. The summed E-state index contributed by atoms with van der Waals surface area (Å²) in [6.45, 7) is 3.53. The summed E-state index contributed by atoms with van der Waals surface area (Å²) in [5, 5.41) is 12.9. The van der Waals surface area contributed by atoms with Crippen molar-refractivity contribution in [3.63, 3.8) is 0 Å². The zero-order chi connectivity index (χ0) is 14.6. The van der Waals surface area contributed by atoms with Gasteiger partial charge >= 0.3 is 0 Å². The topological polar surface area (TPSA) is 61.8 Å². The van der Waals surface area contributed by atoms with Crippen LogP contribution in [0.25, 0.3) is 0 Å². The molecule has 110 valence electrons. The molecule has 2 rings (SSSR count). The van der Waals surface area contributed by atoms with Gasteiger partial charge in [-0.1, -0.05) is 13.3 Å². The minimum Gasteiger partial charge on any atom is -0.497 e. The van der Waals surface area contributed by atoms with Gasteiger partial charge in [-0.05, 0) is 30.7 Å². The van der Waals surface area contributed by atoms with Crippen LogP contribution in [-0.2, 0) is 4.79 Å². The van der Waals surface area contributed by atoms with E-state index >= 15 is 0 Å². The first-order valence-electron chi connectivity index (χ1n) is 6.93. The van der Waals surface area contributed by atoms with Gasteiger partial charge in [-0.15, -0.1) is 0 Å². The number of aliphatic hydroxyl groups is 1. The summed E-state index contributed by atoms with van der Waals surface area (Å²) in [7, 11) is 1.61. The van der Waals surface area contributed by atoms with E-state index in [9.17, 15) is 9.90 Å². The van der Waals surface area contributed by atoms with Gasteiger partial charge < -0.3 is 15.2 Å². The third kappa shape index (κ3) is 3.71. The van der Waals surface area contributed by atoms with Crippen molar-refractivity contribution in [2.75, 3.05) is 32.1 Å². The van der Waals surface area contributed by atoms with Crippen molar-refractivity contribution in [3.05, 3.63) is 24.3 Å². The number of nitrogens with zero attached hydrogens (tertiary/aromatic N) is 1. The molecule has 0 bridgehead atoms. The molecule has 0 atom stereocenters. The summed E-state index contributed by atoms with van der Waals surface area (Å²) in [4.78, 5) is 13.8. The third-order valence-corrected chi connectivity index (χ3v) is 3.49. The number of hydrogen-bond acceptors (Lipinski definition) is 4. The molecule has 1 aliphatic heterocycles. The SMILES string of the molecule is CCCC1(O)CN(CC(=O)Nc2ccc(OC)cc2)C1. The lowest BCUT2D eigenvalue weighted by Crippen LogP contribution is -2.62. The number of amides is 1. The first-order chi connectivity index (χ1) is 9.54. The number of carbonyl (C=O) groups is 1. The van der Waals surface area contributed by atoms with E-state index in [0.29, 0.717) is 19.6 Å². The van der Waals surface area contributed by atoms with Crippen LogP contribution < -0.4 is 10.1 Å². The van der Waals surface area contributed by atoms with Gasteiger partial charge in [0.15, 0.2) is 0 Å². The molecule has 0 aliphatic carbocycles. The molecule has 0 spiro atoms. The Hall–Kier alpha value is -1.59. The molecule has 1 fully saturated rings. The summed E-state index contributed by atoms with van der Waals surface area (Å²) in [5.41, 5.74) is 0.162. The van der Waals surface area contributed by atoms with Crippen molar-refractivity contribution in [3.8, 4) is 5.75 Å². The first kappa shape index (κ1) is 14.8. The molecular weight excluding hydrogens is 256 g/mol. The van der Waals surface area contributed by atoms with Crippen LogP contribution in [0.4, 0.5) is 5.69 Å². The average molecular weight is 278 g/mol. The van der Waals surface area contributed by atoms with Crippen LogP contribution in [0.3, 0.4) is 0 Å². The van der Waals surface area contributed by atoms with Crippen LogP contribution in [0.15, 0.2) is 24.3 Å². The standard InChI is InChI=1S/C15H22N2O3/c1-3-8-15(19)10-17(11-15)9-14(18)16-12-4-6-13(20-2)7-5-12/h4-7,19H,3,8-11H2,1-2H3,(H,16,18). The fraction of sp³-hybridized carbons (Fsp3) is 0.533. The van der Waals surface area contributed by atoms with E-state index in [2.05, 4.69) is 12.2 Å². The first-order valence-corrected chi connectivity index (χ1v) is 6.93. The Morgan fingerprint density at radius 3 is 2.60 bits per heavy atom. The molecule has 0 radical (unpaired) electrons. The number of rotatable bonds is 6. The van der Waals surface area contributed by atoms with E-state index in [1.54, 1.807) is 31.4 Å². The number of likely N-dealkylation sites (tertiary alicyclic amines) is 1. The maximum atomic E-state index is 11.9. The Balaban J connectivity index is 1.76. The maximum Gasteiger partial charge on any atom is 0.238 e. The van der Waals surface area contributed by atoms with Crippen molar-refractivity contribution in [2.45, 2.75) is 25.4 Å². The number of benzene rings is 1. The van der Waals surface area contributed by atoms with Crippen LogP contribution in [0.1, 0.15) is 19.8 Å². The van der Waals surface area contributed by atoms with Gasteiger partial charge in [0.1, 0.15) is 5.75 Å². The van der Waals surface area contributed by atoms with Gasteiger partial charge in [-0.2, -0.15) is 0 Å². The lowest BCUT2D eigenvalue weighted by atomic mass is 9.89. The predicted molar refractivity (Wildman–Crippen MR) is 77.9 cm³/mol. The predicted octanol–water partition coefficient (Wildman–Crippen LogP) is 1.48. The molecule has 1 aliphatic rings. The van der Waals surface area contributed by atoms with Crippen molar-refractivity contribution in [1.82, 2.24) is 4.90 Å². The number of ether oxygens (including phenoxy) is 1. The second-order valence-electron chi connectivity index (χ2n) is 5.40. The van der Waals surface area contributed by atoms with E-state index in [-0.39, 0.29) is 5.91 Å². The number of β-amino-alcohol motifs (C(OH)–C–C–N with tert-alkyl or cyclic N) is 1. The number of nitrogens with one attached hydrogen (secondary N) is 1. The second kappa shape index (κ2) is 6.24. The zero-order valence-corrected chi connectivity index (χ0v) is 12.1. The fourth-order valence-electron chi connectivity index (χ4n) is 2.60. The molecule has 1 aromatic rings. The highest BCUT2D eigenvalue weighted by Crippen LogP contribution is 2.25. The molecule has 5 nitrogen and oxygen atoms in total. The van der Waals surface area contributed by atoms with Gasteiger partial charge in [0.25, 0.3) is 0 Å². The van der Waals surface area contributed by atoms with Gasteiger partial charge in [0, 0.05) is 18.8 Å². The average Bonchev–Trinajstić information content (AvgIpc) is 2.38. The van der Waals surface area contributed by atoms with Gasteiger partial charge in [0.2, 0.25) is 5.91 Å². The van der Waals surface area contributed by atoms with Crippen molar-refractivity contribution < 1.29 is 14.6 Å². The van der Waals surface area contributed by atoms with Crippen LogP contribution >= 0.6 is 0 Å². The molecule has 2 N–H and O–H groups in total. The molecule has 5 heteroatoms. The monoisotopic (exact) mass is 278 g/mol. The van der Waals surface area contributed by atoms with Crippen molar-refractivity contribution >= 4 is 11.6 Å². The number of anilines is 1. The molecule has 1 amide bonds. The van der Waals surface area contributed by atoms with Crippen molar-refractivity contribution in [1.29, 1.82) is 0 Å². The number of carbonyl (C=O) groups excluding carboxylic acids is 1. The fourth-order valence-corrected chi connectivity index (χ4v) is 2.60. The number of methoxy groups -OCH3 is 1. The minimum atomic E-state index is -0.588. The quantitative estimate of drug-likeness (QED) is 0.827. The van der Waals surface area contributed by atoms with Gasteiger partial charge in [-0.25, -0.2) is 0 Å². The van der Waals surface area contributed by atoms with E-state index in [0.717, 1.165) is 24.3 Å². The Morgan fingerprint density at radius 1 is 1.40 bits per heavy atom. The molecule has 0 aromatic heterocycles. The minimum absolute atomic E-state index is 0.0614. The summed E-state index contributed by atoms with van der Waals surface area (Å²) in [6, 6.07) is 7.22. The van der Waals surface area contributed by atoms with E-state index in [4.69, 9.17) is 4.74 Å². The summed E-state index contributed by atoms with van der Waals surface area (Å²) >= 11 is 0. The van der Waals surface area contributed by atoms with Crippen LogP contribution in [0, 0.1) is 0 Å². The van der Waals surface area contributed by atoms with E-state index < -0.39 is 5.60 Å². The van der Waals surface area contributed by atoms with E-state index in [1.807, 2.05) is 4.90 Å². The summed E-state index contributed by atoms with van der Waals surface area (Å²) < 4.78 is 5.06. The smallest absolute Gasteiger partial charge is 0.238 e. The largest absolute Gasteiger partial charge is 0.497 e. The normalized spacial score (nSPS) is 17.4. The zero-order valence-electron chi connectivity index (χ0n) is 12.1. The molecule has 1 saturated heterocycles. The highest BCUT2D eigenvalue weighted by molar-refractivity contribution is 5.92. The summed E-state index contributed by atoms with van der Waals surface area (Å²) in [6.07, 6.45) is 1.76. The van der Waals surface area contributed by atoms with Crippen LogP contribution in [0.5, 0.6) is 5.75 Å². The molecule has 20 heavy (non-hydrogen) atoms. The number of hydrogen-bond donors (Lipinski definition) is 2. The van der Waals surface area contributed by atoms with Crippen LogP contribution in [-0.4, -0.2) is 48.3 Å². The Labute approximate surface area is 119 Å². The van der Waals surface area contributed by atoms with E-state index in [1.165, 1.54) is 0 Å². The molecule has 1 heterocycles. The Morgan fingerprint density at radius 2 is 2.05 bits per heavy atom. The molecule has 0 unspecified atom stereocenters. The van der Waals surface area contributed by atoms with Crippen LogP contribution in [0.2, 0.25) is 0 Å². The molecule has 1 aromatic carbocycles. The third-order valence-electron chi connectivity index (χ3n) is 3.49. The lowest BCUT2D eigenvalue weighted by Gasteiger charge is -2.46. The highest BCUT2D eigenvalue weighted by Gasteiger charge is 2.40.